The van der Waals surface area contributed by atoms with Crippen LogP contribution in [0.2, 0.25) is 0 Å². The van der Waals surface area contributed by atoms with Gasteiger partial charge >= 0.3 is 5.69 Å². The Hall–Kier alpha value is -3.11. The first-order valence-corrected chi connectivity index (χ1v) is 10.1. The molecule has 2 heterocycles. The molecule has 0 spiro atoms. The molecule has 0 bridgehead atoms. The number of rotatable bonds is 10. The topological polar surface area (TPSA) is 113 Å². The third-order valence-electron chi connectivity index (χ3n) is 5.01. The highest BCUT2D eigenvalue weighted by molar-refractivity contribution is 5.74. The number of nitrogens with zero attached hydrogens (tertiary/aromatic N) is 4. The highest BCUT2D eigenvalue weighted by atomic mass is 16.5. The summed E-state index contributed by atoms with van der Waals surface area (Å²) in [5, 5.41) is 13.8. The first-order valence-electron chi connectivity index (χ1n) is 10.1. The van der Waals surface area contributed by atoms with Crippen molar-refractivity contribution in [2.45, 2.75) is 26.0 Å². The minimum atomic E-state index is -0.903. The summed E-state index contributed by atoms with van der Waals surface area (Å²) in [7, 11) is 4.61. The lowest BCUT2D eigenvalue weighted by Gasteiger charge is -2.16. The van der Waals surface area contributed by atoms with Gasteiger partial charge in [-0.2, -0.15) is 4.98 Å². The van der Waals surface area contributed by atoms with E-state index >= 15 is 0 Å². The van der Waals surface area contributed by atoms with E-state index in [0.717, 1.165) is 16.6 Å². The van der Waals surface area contributed by atoms with Crippen LogP contribution in [0.3, 0.4) is 0 Å². The molecule has 0 unspecified atom stereocenters. The van der Waals surface area contributed by atoms with Crippen LogP contribution in [0.15, 0.2) is 33.9 Å². The maximum Gasteiger partial charge on any atom is 0.332 e. The molecule has 0 aliphatic carbocycles. The lowest BCUT2D eigenvalue weighted by Crippen LogP contribution is -2.38. The zero-order valence-electron chi connectivity index (χ0n) is 18.3. The van der Waals surface area contributed by atoms with Crippen molar-refractivity contribution in [1.29, 1.82) is 0 Å². The number of aryl methyl sites for hydroxylation is 2. The summed E-state index contributed by atoms with van der Waals surface area (Å²) in [5.74, 6) is 1.05. The Morgan fingerprint density at radius 1 is 1.16 bits per heavy atom. The van der Waals surface area contributed by atoms with E-state index in [1.807, 2.05) is 31.2 Å². The number of anilines is 1. The number of nitrogens with one attached hydrogen (secondary N) is 1. The predicted octanol–water partition coefficient (Wildman–Crippen LogP) is 0.630. The number of benzene rings is 1. The maximum absolute atomic E-state index is 12.8. The maximum atomic E-state index is 12.8. The van der Waals surface area contributed by atoms with Crippen LogP contribution in [0.4, 0.5) is 5.95 Å². The number of hydrogen-bond donors (Lipinski definition) is 2. The quantitative estimate of drug-likeness (QED) is 0.453. The Balaban J connectivity index is 1.89. The molecule has 0 aliphatic heterocycles. The van der Waals surface area contributed by atoms with E-state index in [2.05, 4.69) is 10.3 Å². The first kappa shape index (κ1) is 22.6. The van der Waals surface area contributed by atoms with Crippen molar-refractivity contribution < 1.29 is 14.6 Å². The molecule has 0 radical (unpaired) electrons. The summed E-state index contributed by atoms with van der Waals surface area (Å²) in [6, 6.07) is 7.53. The molecule has 1 aromatic carbocycles. The number of fused-ring (bicyclic) bond motifs is 1. The molecule has 3 aromatic rings. The zero-order chi connectivity index (χ0) is 22.5. The summed E-state index contributed by atoms with van der Waals surface area (Å²) in [4.78, 5) is 29.6. The van der Waals surface area contributed by atoms with Crippen molar-refractivity contribution in [2.75, 3.05) is 32.2 Å². The average Bonchev–Trinajstić information content (AvgIpc) is 3.11. The van der Waals surface area contributed by atoms with Crippen molar-refractivity contribution in [1.82, 2.24) is 18.7 Å². The van der Waals surface area contributed by atoms with Gasteiger partial charge in [0.2, 0.25) is 5.95 Å². The summed E-state index contributed by atoms with van der Waals surface area (Å²) in [6.45, 7) is 3.22. The van der Waals surface area contributed by atoms with E-state index in [9.17, 15) is 14.7 Å². The number of aliphatic hydroxyl groups excluding tert-OH is 1. The molecule has 0 saturated heterocycles. The standard InChI is InChI=1S/C21H29N5O5/c1-14-6-8-16(9-7-14)31-13-15(27)12-26-17-18(23-20(26)22-10-5-11-30-4)24(2)21(29)25(3)19(17)28/h6-9,15,27H,5,10-13H2,1-4H3,(H,22,23)/t15-/m0/s1. The van der Waals surface area contributed by atoms with Gasteiger partial charge in [-0.1, -0.05) is 17.7 Å². The fraction of sp³-hybridized carbons (Fsp3) is 0.476. The Kier molecular flexibility index (Phi) is 7.13. The second-order valence-electron chi connectivity index (χ2n) is 7.47. The second kappa shape index (κ2) is 9.80. The van der Waals surface area contributed by atoms with Gasteiger partial charge in [0.15, 0.2) is 11.2 Å². The average molecular weight is 431 g/mol. The highest BCUT2D eigenvalue weighted by Crippen LogP contribution is 2.17. The fourth-order valence-corrected chi connectivity index (χ4v) is 3.27. The molecule has 0 saturated carbocycles. The highest BCUT2D eigenvalue weighted by Gasteiger charge is 2.21. The Bertz CT molecular complexity index is 1150. The lowest BCUT2D eigenvalue weighted by atomic mass is 10.2. The van der Waals surface area contributed by atoms with Gasteiger partial charge in [-0.05, 0) is 25.5 Å². The largest absolute Gasteiger partial charge is 0.491 e. The van der Waals surface area contributed by atoms with Crippen molar-refractivity contribution in [3.8, 4) is 5.75 Å². The van der Waals surface area contributed by atoms with Crippen LogP contribution >= 0.6 is 0 Å². The van der Waals surface area contributed by atoms with Crippen LogP contribution in [0.1, 0.15) is 12.0 Å². The third kappa shape index (κ3) is 4.97. The number of imidazole rings is 1. The number of methoxy groups -OCH3 is 1. The number of hydrogen-bond acceptors (Lipinski definition) is 7. The number of ether oxygens (including phenoxy) is 2. The SMILES string of the molecule is COCCCNc1nc2c(c(=O)n(C)c(=O)n2C)n1C[C@H](O)COc1ccc(C)cc1. The Morgan fingerprint density at radius 2 is 1.87 bits per heavy atom. The molecule has 2 aromatic heterocycles. The van der Waals surface area contributed by atoms with Crippen molar-refractivity contribution >= 4 is 17.1 Å². The van der Waals surface area contributed by atoms with Crippen LogP contribution in [0.5, 0.6) is 5.75 Å². The molecule has 10 nitrogen and oxygen atoms in total. The van der Waals surface area contributed by atoms with Gasteiger partial charge in [0.05, 0.1) is 6.54 Å². The second-order valence-corrected chi connectivity index (χ2v) is 7.47. The van der Waals surface area contributed by atoms with Gasteiger partial charge in [-0.25, -0.2) is 4.79 Å². The Morgan fingerprint density at radius 3 is 2.55 bits per heavy atom. The molecule has 0 aliphatic rings. The van der Waals surface area contributed by atoms with Gasteiger partial charge in [-0.3, -0.25) is 13.9 Å². The third-order valence-corrected chi connectivity index (χ3v) is 5.01. The van der Waals surface area contributed by atoms with Crippen LogP contribution in [0, 0.1) is 6.92 Å². The first-order chi connectivity index (χ1) is 14.8. The zero-order valence-corrected chi connectivity index (χ0v) is 18.3. The smallest absolute Gasteiger partial charge is 0.332 e. The summed E-state index contributed by atoms with van der Waals surface area (Å²) >= 11 is 0. The van der Waals surface area contributed by atoms with Crippen molar-refractivity contribution in [3.05, 3.63) is 50.7 Å². The van der Waals surface area contributed by atoms with E-state index in [4.69, 9.17) is 9.47 Å². The van der Waals surface area contributed by atoms with E-state index in [0.29, 0.717) is 24.8 Å². The summed E-state index contributed by atoms with van der Waals surface area (Å²) in [5.41, 5.74) is 0.684. The van der Waals surface area contributed by atoms with Gasteiger partial charge in [-0.15, -0.1) is 0 Å². The van der Waals surface area contributed by atoms with Gasteiger partial charge < -0.3 is 24.5 Å². The van der Waals surface area contributed by atoms with Gasteiger partial charge in [0.25, 0.3) is 5.56 Å². The van der Waals surface area contributed by atoms with E-state index in [1.165, 1.54) is 11.6 Å². The van der Waals surface area contributed by atoms with Crippen LogP contribution in [-0.4, -0.2) is 56.8 Å². The molecule has 3 rings (SSSR count). The minimum absolute atomic E-state index is 0.0396. The normalized spacial score (nSPS) is 12.3. The van der Waals surface area contributed by atoms with Crippen LogP contribution in [0.25, 0.3) is 11.2 Å². The molecule has 1 atom stereocenters. The molecule has 31 heavy (non-hydrogen) atoms. The molecule has 0 amide bonds. The molecular formula is C21H29N5O5. The van der Waals surface area contributed by atoms with E-state index < -0.39 is 17.4 Å². The van der Waals surface area contributed by atoms with Gasteiger partial charge in [0, 0.05) is 34.4 Å². The van der Waals surface area contributed by atoms with Crippen LogP contribution < -0.4 is 21.3 Å². The number of aromatic nitrogens is 4. The summed E-state index contributed by atoms with van der Waals surface area (Å²) < 4.78 is 14.7. The number of aliphatic hydroxyl groups is 1. The Labute approximate surface area is 179 Å². The molecule has 168 valence electrons. The van der Waals surface area contributed by atoms with Crippen LogP contribution in [-0.2, 0) is 25.4 Å². The fourth-order valence-electron chi connectivity index (χ4n) is 3.27. The molecule has 0 fully saturated rings. The van der Waals surface area contributed by atoms with Gasteiger partial charge in [0.1, 0.15) is 18.5 Å². The van der Waals surface area contributed by atoms with E-state index in [-0.39, 0.29) is 24.3 Å². The molecule has 2 N–H and O–H groups in total. The molecule has 10 heteroatoms. The molecular weight excluding hydrogens is 402 g/mol. The monoisotopic (exact) mass is 431 g/mol. The minimum Gasteiger partial charge on any atom is -0.491 e. The van der Waals surface area contributed by atoms with E-state index in [1.54, 1.807) is 18.7 Å². The van der Waals surface area contributed by atoms with Crippen molar-refractivity contribution in [3.63, 3.8) is 0 Å². The lowest BCUT2D eigenvalue weighted by molar-refractivity contribution is 0.0938. The predicted molar refractivity (Wildman–Crippen MR) is 118 cm³/mol. The van der Waals surface area contributed by atoms with Crippen molar-refractivity contribution in [2.24, 2.45) is 14.1 Å². The summed E-state index contributed by atoms with van der Waals surface area (Å²) in [6.07, 6.45) is -0.171.